The Balaban J connectivity index is 2.28. The van der Waals surface area contributed by atoms with Crippen molar-refractivity contribution in [3.8, 4) is 0 Å². The number of hydrogen-bond acceptors (Lipinski definition) is 1. The molecule has 0 aliphatic carbocycles. The first-order valence-corrected chi connectivity index (χ1v) is 6.53. The molecule has 0 unspecified atom stereocenters. The van der Waals surface area contributed by atoms with Crippen molar-refractivity contribution < 1.29 is 9.18 Å². The number of hydrogen-bond donors (Lipinski definition) is 0. The van der Waals surface area contributed by atoms with E-state index in [1.807, 2.05) is 0 Å². The molecule has 5 heteroatoms. The second-order valence-electron chi connectivity index (χ2n) is 3.96. The van der Waals surface area contributed by atoms with Gasteiger partial charge in [0, 0.05) is 22.0 Å². The average molecular weight is 318 g/mol. The van der Waals surface area contributed by atoms with Crippen molar-refractivity contribution in [1.82, 2.24) is 0 Å². The lowest BCUT2D eigenvalue weighted by Gasteiger charge is -2.06. The van der Waals surface area contributed by atoms with E-state index in [0.717, 1.165) is 0 Å². The highest BCUT2D eigenvalue weighted by Crippen LogP contribution is 2.23. The zero-order valence-corrected chi connectivity index (χ0v) is 11.9. The molecule has 0 bridgehead atoms. The Kier molecular flexibility index (Phi) is 4.46. The van der Waals surface area contributed by atoms with Gasteiger partial charge in [-0.3, -0.25) is 4.79 Å². The standard InChI is InChI=1S/C14H8Cl3FO/c15-9-2-4-13(18)8(5-9)6-14(19)11-3-1-10(16)7-12(11)17/h1-5,7H,6H2. The molecule has 19 heavy (non-hydrogen) atoms. The lowest BCUT2D eigenvalue weighted by Crippen LogP contribution is -2.06. The Bertz CT molecular complexity index is 641. The zero-order valence-electron chi connectivity index (χ0n) is 9.59. The molecular formula is C14H8Cl3FO. The van der Waals surface area contributed by atoms with Gasteiger partial charge in [-0.25, -0.2) is 4.39 Å². The van der Waals surface area contributed by atoms with E-state index in [2.05, 4.69) is 0 Å². The molecule has 0 heterocycles. The number of rotatable bonds is 3. The maximum Gasteiger partial charge on any atom is 0.168 e. The van der Waals surface area contributed by atoms with Gasteiger partial charge >= 0.3 is 0 Å². The van der Waals surface area contributed by atoms with Gasteiger partial charge < -0.3 is 0 Å². The molecule has 0 aromatic heterocycles. The Hall–Kier alpha value is -1.09. The molecule has 2 aromatic rings. The molecule has 98 valence electrons. The van der Waals surface area contributed by atoms with Crippen LogP contribution >= 0.6 is 34.8 Å². The number of carbonyl (C=O) groups is 1. The molecule has 0 N–H and O–H groups in total. The first-order chi connectivity index (χ1) is 8.97. The van der Waals surface area contributed by atoms with Gasteiger partial charge in [0.15, 0.2) is 5.78 Å². The molecule has 0 spiro atoms. The Morgan fingerprint density at radius 3 is 2.32 bits per heavy atom. The van der Waals surface area contributed by atoms with E-state index < -0.39 is 5.82 Å². The number of ketones is 1. The molecule has 0 saturated heterocycles. The van der Waals surface area contributed by atoms with E-state index in [4.69, 9.17) is 34.8 Å². The fraction of sp³-hybridized carbons (Fsp3) is 0.0714. The second kappa shape index (κ2) is 5.91. The highest BCUT2D eigenvalue weighted by molar-refractivity contribution is 6.36. The van der Waals surface area contributed by atoms with Crippen LogP contribution < -0.4 is 0 Å². The third-order valence-electron chi connectivity index (χ3n) is 2.59. The van der Waals surface area contributed by atoms with Crippen LogP contribution in [-0.4, -0.2) is 5.78 Å². The minimum absolute atomic E-state index is 0.103. The Morgan fingerprint density at radius 2 is 1.63 bits per heavy atom. The summed E-state index contributed by atoms with van der Waals surface area (Å²) in [6, 6.07) is 8.66. The Morgan fingerprint density at radius 1 is 1.00 bits per heavy atom. The van der Waals surface area contributed by atoms with Crippen molar-refractivity contribution in [2.45, 2.75) is 6.42 Å². The predicted octanol–water partition coefficient (Wildman–Crippen LogP) is 5.21. The zero-order chi connectivity index (χ0) is 14.0. The van der Waals surface area contributed by atoms with E-state index in [0.29, 0.717) is 15.6 Å². The van der Waals surface area contributed by atoms with Gasteiger partial charge in [-0.15, -0.1) is 0 Å². The number of Topliss-reactive ketones (excluding diaryl/α,β-unsaturated/α-hetero) is 1. The second-order valence-corrected chi connectivity index (χ2v) is 5.24. The topological polar surface area (TPSA) is 17.1 Å². The largest absolute Gasteiger partial charge is 0.294 e. The average Bonchev–Trinajstić information content (AvgIpc) is 2.33. The molecule has 0 amide bonds. The molecule has 0 fully saturated rings. The molecular weight excluding hydrogens is 310 g/mol. The van der Waals surface area contributed by atoms with Crippen LogP contribution in [0.2, 0.25) is 15.1 Å². The van der Waals surface area contributed by atoms with Crippen LogP contribution in [0, 0.1) is 5.82 Å². The summed E-state index contributed by atoms with van der Waals surface area (Å²) in [6.07, 6.45) is -0.103. The van der Waals surface area contributed by atoms with E-state index >= 15 is 0 Å². The third kappa shape index (κ3) is 3.47. The van der Waals surface area contributed by atoms with Gasteiger partial charge in [-0.2, -0.15) is 0 Å². The first-order valence-electron chi connectivity index (χ1n) is 5.39. The summed E-state index contributed by atoms with van der Waals surface area (Å²) in [5.74, 6) is -0.759. The van der Waals surface area contributed by atoms with E-state index in [1.54, 1.807) is 6.07 Å². The van der Waals surface area contributed by atoms with Crippen molar-refractivity contribution in [2.75, 3.05) is 0 Å². The molecule has 2 rings (SSSR count). The lowest BCUT2D eigenvalue weighted by molar-refractivity contribution is 0.0992. The fourth-order valence-electron chi connectivity index (χ4n) is 1.66. The van der Waals surface area contributed by atoms with E-state index in [9.17, 15) is 9.18 Å². The van der Waals surface area contributed by atoms with Crippen LogP contribution in [0.5, 0.6) is 0 Å². The smallest absolute Gasteiger partial charge is 0.168 e. The lowest BCUT2D eigenvalue weighted by atomic mass is 10.0. The SMILES string of the molecule is O=C(Cc1cc(Cl)ccc1F)c1ccc(Cl)cc1Cl. The molecule has 0 aliphatic heterocycles. The van der Waals surface area contributed by atoms with Crippen LogP contribution in [0.3, 0.4) is 0 Å². The van der Waals surface area contributed by atoms with Crippen molar-refractivity contribution in [3.63, 3.8) is 0 Å². The third-order valence-corrected chi connectivity index (χ3v) is 3.37. The molecule has 0 atom stereocenters. The van der Waals surface area contributed by atoms with E-state index in [1.165, 1.54) is 30.3 Å². The van der Waals surface area contributed by atoms with Gasteiger partial charge in [0.25, 0.3) is 0 Å². The maximum absolute atomic E-state index is 13.5. The van der Waals surface area contributed by atoms with Gasteiger partial charge in [-0.05, 0) is 42.0 Å². The summed E-state index contributed by atoms with van der Waals surface area (Å²) >= 11 is 17.5. The monoisotopic (exact) mass is 316 g/mol. The molecule has 1 nitrogen and oxygen atoms in total. The highest BCUT2D eigenvalue weighted by Gasteiger charge is 2.14. The van der Waals surface area contributed by atoms with E-state index in [-0.39, 0.29) is 22.8 Å². The molecule has 0 saturated carbocycles. The summed E-state index contributed by atoms with van der Waals surface area (Å²) < 4.78 is 13.5. The van der Waals surface area contributed by atoms with Gasteiger partial charge in [-0.1, -0.05) is 34.8 Å². The minimum atomic E-state index is -0.470. The summed E-state index contributed by atoms with van der Waals surface area (Å²) in [5.41, 5.74) is 0.550. The Labute approximate surface area is 124 Å². The number of carbonyl (C=O) groups excluding carboxylic acids is 1. The van der Waals surface area contributed by atoms with Gasteiger partial charge in [0.1, 0.15) is 5.82 Å². The summed E-state index contributed by atoms with van der Waals surface area (Å²) in [5, 5.41) is 1.07. The van der Waals surface area contributed by atoms with Crippen LogP contribution in [0.25, 0.3) is 0 Å². The van der Waals surface area contributed by atoms with Crippen LogP contribution in [0.1, 0.15) is 15.9 Å². The minimum Gasteiger partial charge on any atom is -0.294 e. The van der Waals surface area contributed by atoms with Crippen LogP contribution in [-0.2, 0) is 6.42 Å². The predicted molar refractivity (Wildman–Crippen MR) is 75.9 cm³/mol. The summed E-state index contributed by atoms with van der Waals surface area (Å²) in [7, 11) is 0. The van der Waals surface area contributed by atoms with Crippen molar-refractivity contribution in [3.05, 3.63) is 68.4 Å². The maximum atomic E-state index is 13.5. The number of benzene rings is 2. The van der Waals surface area contributed by atoms with Crippen LogP contribution in [0.4, 0.5) is 4.39 Å². The van der Waals surface area contributed by atoms with Gasteiger partial charge in [0.05, 0.1) is 5.02 Å². The summed E-state index contributed by atoms with van der Waals surface area (Å²) in [4.78, 5) is 12.1. The number of halogens is 4. The first kappa shape index (κ1) is 14.3. The molecule has 2 aromatic carbocycles. The fourth-order valence-corrected chi connectivity index (χ4v) is 2.37. The van der Waals surface area contributed by atoms with Gasteiger partial charge in [0.2, 0.25) is 0 Å². The van der Waals surface area contributed by atoms with Crippen LogP contribution in [0.15, 0.2) is 36.4 Å². The summed E-state index contributed by atoms with van der Waals surface area (Å²) in [6.45, 7) is 0. The van der Waals surface area contributed by atoms with Crippen molar-refractivity contribution in [1.29, 1.82) is 0 Å². The highest BCUT2D eigenvalue weighted by atomic mass is 35.5. The molecule has 0 aliphatic rings. The normalized spacial score (nSPS) is 10.5. The van der Waals surface area contributed by atoms with Crippen molar-refractivity contribution >= 4 is 40.6 Å². The molecule has 0 radical (unpaired) electrons. The van der Waals surface area contributed by atoms with Crippen molar-refractivity contribution in [2.24, 2.45) is 0 Å². The quantitative estimate of drug-likeness (QED) is 0.710.